The minimum atomic E-state index is -1.03. The SMILES string of the molecule is CCCOc1cc(-c2ccc(F)cc2)ccc1C(=O)O. The Balaban J connectivity index is 2.40. The number of carboxylic acid groups (broad SMARTS) is 1. The van der Waals surface area contributed by atoms with Crippen LogP contribution in [-0.2, 0) is 0 Å². The Bertz CT molecular complexity index is 606. The summed E-state index contributed by atoms with van der Waals surface area (Å²) < 4.78 is 18.4. The van der Waals surface area contributed by atoms with Gasteiger partial charge < -0.3 is 9.84 Å². The van der Waals surface area contributed by atoms with Gasteiger partial charge in [-0.15, -0.1) is 0 Å². The molecule has 1 N–H and O–H groups in total. The third-order valence-electron chi connectivity index (χ3n) is 2.85. The number of hydrogen-bond acceptors (Lipinski definition) is 2. The van der Waals surface area contributed by atoms with Crippen LogP contribution in [0.1, 0.15) is 23.7 Å². The average molecular weight is 274 g/mol. The molecule has 0 unspecified atom stereocenters. The molecule has 0 aliphatic heterocycles. The number of aromatic carboxylic acids is 1. The van der Waals surface area contributed by atoms with E-state index in [4.69, 9.17) is 9.84 Å². The first kappa shape index (κ1) is 14.1. The van der Waals surface area contributed by atoms with Gasteiger partial charge in [0.2, 0.25) is 0 Å². The Morgan fingerprint density at radius 3 is 2.40 bits per heavy atom. The van der Waals surface area contributed by atoms with Gasteiger partial charge in [0, 0.05) is 0 Å². The molecule has 0 saturated heterocycles. The molecule has 20 heavy (non-hydrogen) atoms. The molecule has 0 fully saturated rings. The second-order valence-electron chi connectivity index (χ2n) is 4.37. The van der Waals surface area contributed by atoms with Gasteiger partial charge in [-0.2, -0.15) is 0 Å². The van der Waals surface area contributed by atoms with E-state index in [2.05, 4.69) is 0 Å². The van der Waals surface area contributed by atoms with E-state index in [1.165, 1.54) is 18.2 Å². The average Bonchev–Trinajstić information content (AvgIpc) is 2.45. The van der Waals surface area contributed by atoms with E-state index < -0.39 is 5.97 Å². The zero-order valence-corrected chi connectivity index (χ0v) is 11.1. The molecule has 0 bridgehead atoms. The van der Waals surface area contributed by atoms with Crippen molar-refractivity contribution in [3.63, 3.8) is 0 Å². The molecule has 0 heterocycles. The van der Waals surface area contributed by atoms with Crippen molar-refractivity contribution in [1.82, 2.24) is 0 Å². The first-order chi connectivity index (χ1) is 9.61. The molecule has 0 atom stereocenters. The highest BCUT2D eigenvalue weighted by molar-refractivity contribution is 5.92. The van der Waals surface area contributed by atoms with Gasteiger partial charge in [0.1, 0.15) is 17.1 Å². The lowest BCUT2D eigenvalue weighted by molar-refractivity contribution is 0.0692. The van der Waals surface area contributed by atoms with E-state index in [0.29, 0.717) is 12.4 Å². The van der Waals surface area contributed by atoms with Gasteiger partial charge >= 0.3 is 5.97 Å². The topological polar surface area (TPSA) is 46.5 Å². The quantitative estimate of drug-likeness (QED) is 0.897. The van der Waals surface area contributed by atoms with Crippen molar-refractivity contribution in [3.05, 3.63) is 53.8 Å². The van der Waals surface area contributed by atoms with E-state index >= 15 is 0 Å². The Morgan fingerprint density at radius 2 is 1.80 bits per heavy atom. The Morgan fingerprint density at radius 1 is 1.15 bits per heavy atom. The molecule has 0 spiro atoms. The van der Waals surface area contributed by atoms with Crippen LogP contribution in [0.5, 0.6) is 5.75 Å². The van der Waals surface area contributed by atoms with Gasteiger partial charge in [0.25, 0.3) is 0 Å². The molecule has 0 saturated carbocycles. The zero-order valence-electron chi connectivity index (χ0n) is 11.1. The number of carbonyl (C=O) groups is 1. The van der Waals surface area contributed by atoms with Crippen molar-refractivity contribution < 1.29 is 19.0 Å². The lowest BCUT2D eigenvalue weighted by Gasteiger charge is -2.10. The fourth-order valence-electron chi connectivity index (χ4n) is 1.85. The van der Waals surface area contributed by atoms with Crippen LogP contribution in [0.2, 0.25) is 0 Å². The summed E-state index contributed by atoms with van der Waals surface area (Å²) in [4.78, 5) is 11.1. The summed E-state index contributed by atoms with van der Waals surface area (Å²) in [5.74, 6) is -0.999. The molecule has 0 aliphatic carbocycles. The number of ether oxygens (including phenoxy) is 1. The largest absolute Gasteiger partial charge is 0.493 e. The van der Waals surface area contributed by atoms with Gasteiger partial charge in [-0.3, -0.25) is 0 Å². The Kier molecular flexibility index (Phi) is 4.35. The molecule has 4 heteroatoms. The third-order valence-corrected chi connectivity index (χ3v) is 2.85. The van der Waals surface area contributed by atoms with Crippen molar-refractivity contribution in [2.24, 2.45) is 0 Å². The van der Waals surface area contributed by atoms with Gasteiger partial charge in [-0.25, -0.2) is 9.18 Å². The molecule has 0 aliphatic rings. The first-order valence-corrected chi connectivity index (χ1v) is 6.38. The molecule has 0 amide bonds. The molecule has 0 radical (unpaired) electrons. The Hall–Kier alpha value is -2.36. The van der Waals surface area contributed by atoms with Crippen molar-refractivity contribution in [2.45, 2.75) is 13.3 Å². The maximum absolute atomic E-state index is 12.9. The zero-order chi connectivity index (χ0) is 14.5. The van der Waals surface area contributed by atoms with Crippen LogP contribution < -0.4 is 4.74 Å². The minimum absolute atomic E-state index is 0.129. The number of benzene rings is 2. The van der Waals surface area contributed by atoms with Crippen LogP contribution in [0.15, 0.2) is 42.5 Å². The van der Waals surface area contributed by atoms with Crippen LogP contribution in [0, 0.1) is 5.82 Å². The van der Waals surface area contributed by atoms with Gasteiger partial charge in [0.05, 0.1) is 6.61 Å². The highest BCUT2D eigenvalue weighted by atomic mass is 19.1. The number of hydrogen-bond donors (Lipinski definition) is 1. The normalized spacial score (nSPS) is 10.3. The summed E-state index contributed by atoms with van der Waals surface area (Å²) in [6.07, 6.45) is 0.792. The maximum atomic E-state index is 12.9. The molecule has 0 aromatic heterocycles. The van der Waals surface area contributed by atoms with E-state index in [1.54, 1.807) is 24.3 Å². The van der Waals surface area contributed by atoms with Crippen LogP contribution in [0.3, 0.4) is 0 Å². The van der Waals surface area contributed by atoms with Crippen molar-refractivity contribution >= 4 is 5.97 Å². The molecule has 2 rings (SSSR count). The Labute approximate surface area is 116 Å². The highest BCUT2D eigenvalue weighted by Crippen LogP contribution is 2.28. The molecule has 2 aromatic rings. The summed E-state index contributed by atoms with van der Waals surface area (Å²) in [5.41, 5.74) is 1.73. The lowest BCUT2D eigenvalue weighted by atomic mass is 10.0. The predicted molar refractivity (Wildman–Crippen MR) is 74.6 cm³/mol. The summed E-state index contributed by atoms with van der Waals surface area (Å²) in [6, 6.07) is 10.9. The second-order valence-corrected chi connectivity index (χ2v) is 4.37. The smallest absolute Gasteiger partial charge is 0.339 e. The molecule has 104 valence electrons. The summed E-state index contributed by atoms with van der Waals surface area (Å²) >= 11 is 0. The van der Waals surface area contributed by atoms with Crippen molar-refractivity contribution in [2.75, 3.05) is 6.61 Å². The van der Waals surface area contributed by atoms with Crippen molar-refractivity contribution in [3.8, 4) is 16.9 Å². The fourth-order valence-corrected chi connectivity index (χ4v) is 1.85. The minimum Gasteiger partial charge on any atom is -0.493 e. The summed E-state index contributed by atoms with van der Waals surface area (Å²) in [6.45, 7) is 2.40. The fraction of sp³-hybridized carbons (Fsp3) is 0.188. The standard InChI is InChI=1S/C16H15FO3/c1-2-9-20-15-10-12(5-8-14(15)16(18)19)11-3-6-13(17)7-4-11/h3-8,10H,2,9H2,1H3,(H,18,19). The van der Waals surface area contributed by atoms with Gasteiger partial charge in [0.15, 0.2) is 0 Å². The monoisotopic (exact) mass is 274 g/mol. The number of carboxylic acids is 1. The van der Waals surface area contributed by atoms with Gasteiger partial charge in [-0.1, -0.05) is 25.1 Å². The second kappa shape index (κ2) is 6.19. The van der Waals surface area contributed by atoms with Crippen LogP contribution in [-0.4, -0.2) is 17.7 Å². The van der Waals surface area contributed by atoms with E-state index in [1.807, 2.05) is 6.92 Å². The summed E-state index contributed by atoms with van der Waals surface area (Å²) in [5, 5.41) is 9.13. The highest BCUT2D eigenvalue weighted by Gasteiger charge is 2.12. The molecular weight excluding hydrogens is 259 g/mol. The van der Waals surface area contributed by atoms with Crippen LogP contribution in [0.25, 0.3) is 11.1 Å². The van der Waals surface area contributed by atoms with E-state index in [-0.39, 0.29) is 11.4 Å². The maximum Gasteiger partial charge on any atom is 0.339 e. The molecule has 3 nitrogen and oxygen atoms in total. The van der Waals surface area contributed by atoms with Crippen LogP contribution >= 0.6 is 0 Å². The predicted octanol–water partition coefficient (Wildman–Crippen LogP) is 3.98. The van der Waals surface area contributed by atoms with E-state index in [0.717, 1.165) is 17.5 Å². The molecular formula is C16H15FO3. The van der Waals surface area contributed by atoms with Gasteiger partial charge in [-0.05, 0) is 41.8 Å². The van der Waals surface area contributed by atoms with Crippen LogP contribution in [0.4, 0.5) is 4.39 Å². The number of halogens is 1. The number of rotatable bonds is 5. The molecule has 2 aromatic carbocycles. The third kappa shape index (κ3) is 3.15. The summed E-state index contributed by atoms with van der Waals surface area (Å²) in [7, 11) is 0. The lowest BCUT2D eigenvalue weighted by Crippen LogP contribution is -2.04. The van der Waals surface area contributed by atoms with Crippen molar-refractivity contribution in [1.29, 1.82) is 0 Å². The van der Waals surface area contributed by atoms with E-state index in [9.17, 15) is 9.18 Å². The first-order valence-electron chi connectivity index (χ1n) is 6.38.